The van der Waals surface area contributed by atoms with Crippen molar-refractivity contribution in [1.29, 1.82) is 5.41 Å². The third kappa shape index (κ3) is 1.60. The number of allylic oxidation sites excluding steroid dienone is 4. The molecule has 0 radical (unpaired) electrons. The summed E-state index contributed by atoms with van der Waals surface area (Å²) in [5, 5.41) is 7.47. The molecule has 11 heavy (non-hydrogen) atoms. The van der Waals surface area contributed by atoms with Gasteiger partial charge in [0.15, 0.2) is 0 Å². The lowest BCUT2D eigenvalue weighted by Crippen LogP contribution is -2.12. The SMILES string of the molecule is CC1=CC(=N)/C(=N\S)C=C1C. The average Bonchev–Trinajstić information content (AvgIpc) is 1.97. The molecular formula is C8H10N2S. The Labute approximate surface area is 71.8 Å². The van der Waals surface area contributed by atoms with Crippen LogP contribution in [0.2, 0.25) is 0 Å². The van der Waals surface area contributed by atoms with E-state index in [1.54, 1.807) is 6.08 Å². The van der Waals surface area contributed by atoms with E-state index < -0.39 is 0 Å². The molecular weight excluding hydrogens is 156 g/mol. The predicted molar refractivity (Wildman–Crippen MR) is 51.7 cm³/mol. The van der Waals surface area contributed by atoms with Crippen LogP contribution in [0.5, 0.6) is 0 Å². The third-order valence-electron chi connectivity index (χ3n) is 1.72. The summed E-state index contributed by atoms with van der Waals surface area (Å²) in [4.78, 5) is 0. The Kier molecular flexibility index (Phi) is 2.29. The molecule has 0 heterocycles. The highest BCUT2D eigenvalue weighted by atomic mass is 32.1. The van der Waals surface area contributed by atoms with E-state index >= 15 is 0 Å². The van der Waals surface area contributed by atoms with E-state index in [9.17, 15) is 0 Å². The second kappa shape index (κ2) is 3.05. The van der Waals surface area contributed by atoms with Gasteiger partial charge in [-0.25, -0.2) is 4.40 Å². The number of rotatable bonds is 0. The molecule has 0 atom stereocenters. The van der Waals surface area contributed by atoms with E-state index in [1.165, 1.54) is 0 Å². The van der Waals surface area contributed by atoms with Gasteiger partial charge in [0.25, 0.3) is 0 Å². The van der Waals surface area contributed by atoms with Crippen LogP contribution >= 0.6 is 12.8 Å². The Morgan fingerprint density at radius 1 is 1.27 bits per heavy atom. The summed E-state index contributed by atoms with van der Waals surface area (Å²) in [7, 11) is 0. The first kappa shape index (κ1) is 8.27. The zero-order valence-corrected chi connectivity index (χ0v) is 7.44. The van der Waals surface area contributed by atoms with Crippen molar-refractivity contribution in [2.24, 2.45) is 4.40 Å². The van der Waals surface area contributed by atoms with Crippen molar-refractivity contribution in [1.82, 2.24) is 0 Å². The highest BCUT2D eigenvalue weighted by molar-refractivity contribution is 7.79. The van der Waals surface area contributed by atoms with Gasteiger partial charge in [0.05, 0.1) is 11.4 Å². The molecule has 1 aliphatic rings. The summed E-state index contributed by atoms with van der Waals surface area (Å²) in [6, 6.07) is 0. The standard InChI is InChI=1S/C8H10N2S/c1-5-3-7(9)8(10-11)4-6(5)2/h3-4,9,11H,1-2H3/b9-7?,10-8-. The van der Waals surface area contributed by atoms with E-state index in [4.69, 9.17) is 5.41 Å². The Bertz CT molecular complexity index is 284. The molecule has 0 saturated carbocycles. The van der Waals surface area contributed by atoms with Gasteiger partial charge in [0.1, 0.15) is 0 Å². The van der Waals surface area contributed by atoms with Crippen molar-refractivity contribution in [3.63, 3.8) is 0 Å². The molecule has 2 nitrogen and oxygen atoms in total. The first-order valence-corrected chi connectivity index (χ1v) is 3.73. The maximum atomic E-state index is 7.47. The van der Waals surface area contributed by atoms with E-state index in [0.29, 0.717) is 11.4 Å². The van der Waals surface area contributed by atoms with Crippen LogP contribution in [0.15, 0.2) is 27.7 Å². The van der Waals surface area contributed by atoms with Crippen molar-refractivity contribution >= 4 is 24.2 Å². The fourth-order valence-electron chi connectivity index (χ4n) is 0.884. The molecule has 0 unspecified atom stereocenters. The lowest BCUT2D eigenvalue weighted by Gasteiger charge is -2.09. The fourth-order valence-corrected chi connectivity index (χ4v) is 1.05. The molecule has 0 aliphatic heterocycles. The van der Waals surface area contributed by atoms with E-state index in [0.717, 1.165) is 11.1 Å². The minimum atomic E-state index is 0.433. The van der Waals surface area contributed by atoms with E-state index in [-0.39, 0.29) is 0 Å². The zero-order valence-electron chi connectivity index (χ0n) is 6.55. The van der Waals surface area contributed by atoms with Crippen LogP contribution in [0, 0.1) is 5.41 Å². The number of thiol groups is 1. The van der Waals surface area contributed by atoms with Crippen molar-refractivity contribution in [3.05, 3.63) is 23.3 Å². The molecule has 0 spiro atoms. The maximum absolute atomic E-state index is 7.47. The topological polar surface area (TPSA) is 36.2 Å². The maximum Gasteiger partial charge on any atom is 0.0962 e. The second-order valence-electron chi connectivity index (χ2n) is 2.55. The van der Waals surface area contributed by atoms with Gasteiger partial charge in [0.2, 0.25) is 0 Å². The Morgan fingerprint density at radius 3 is 2.36 bits per heavy atom. The smallest absolute Gasteiger partial charge is 0.0962 e. The van der Waals surface area contributed by atoms with Crippen molar-refractivity contribution in [2.75, 3.05) is 0 Å². The monoisotopic (exact) mass is 166 g/mol. The van der Waals surface area contributed by atoms with Crippen LogP contribution in [0.3, 0.4) is 0 Å². The van der Waals surface area contributed by atoms with Crippen LogP contribution in [0.25, 0.3) is 0 Å². The van der Waals surface area contributed by atoms with Crippen LogP contribution in [-0.2, 0) is 0 Å². The van der Waals surface area contributed by atoms with E-state index in [1.807, 2.05) is 19.9 Å². The fraction of sp³-hybridized carbons (Fsp3) is 0.250. The summed E-state index contributed by atoms with van der Waals surface area (Å²) in [6.07, 6.45) is 3.66. The normalized spacial score (nSPS) is 21.7. The molecule has 0 bridgehead atoms. The van der Waals surface area contributed by atoms with Crippen LogP contribution in [0.4, 0.5) is 0 Å². The molecule has 0 aromatic rings. The van der Waals surface area contributed by atoms with Gasteiger partial charge in [-0.15, -0.1) is 0 Å². The van der Waals surface area contributed by atoms with Gasteiger partial charge in [-0.1, -0.05) is 0 Å². The van der Waals surface area contributed by atoms with Gasteiger partial charge >= 0.3 is 0 Å². The Hall–Kier alpha value is -0.830. The van der Waals surface area contributed by atoms with Gasteiger partial charge in [-0.2, -0.15) is 0 Å². The number of hydrogen-bond donors (Lipinski definition) is 2. The summed E-state index contributed by atoms with van der Waals surface area (Å²) in [5.41, 5.74) is 3.34. The molecule has 1 rings (SSSR count). The van der Waals surface area contributed by atoms with Crippen LogP contribution in [0.1, 0.15) is 13.8 Å². The van der Waals surface area contributed by atoms with Crippen molar-refractivity contribution in [2.45, 2.75) is 13.8 Å². The molecule has 0 aromatic heterocycles. The second-order valence-corrected chi connectivity index (χ2v) is 2.75. The van der Waals surface area contributed by atoms with Crippen LogP contribution < -0.4 is 0 Å². The number of nitrogens with one attached hydrogen (secondary N) is 1. The Morgan fingerprint density at radius 2 is 1.82 bits per heavy atom. The summed E-state index contributed by atoms with van der Waals surface area (Å²) in [6.45, 7) is 3.98. The molecule has 0 saturated heterocycles. The molecule has 3 heteroatoms. The largest absolute Gasteiger partial charge is 0.299 e. The highest BCUT2D eigenvalue weighted by Crippen LogP contribution is 2.14. The molecule has 1 N–H and O–H groups in total. The molecule has 58 valence electrons. The first-order chi connectivity index (χ1) is 5.15. The molecule has 0 fully saturated rings. The summed E-state index contributed by atoms with van der Waals surface area (Å²) in [5.74, 6) is 0. The number of nitrogens with zero attached hydrogens (tertiary/aromatic N) is 1. The number of hydrogen-bond acceptors (Lipinski definition) is 3. The summed E-state index contributed by atoms with van der Waals surface area (Å²) < 4.78 is 3.68. The average molecular weight is 166 g/mol. The zero-order chi connectivity index (χ0) is 8.43. The Balaban J connectivity index is 3.08. The lowest BCUT2D eigenvalue weighted by molar-refractivity contribution is 1.34. The van der Waals surface area contributed by atoms with Crippen LogP contribution in [-0.4, -0.2) is 11.4 Å². The van der Waals surface area contributed by atoms with Gasteiger partial charge in [-0.3, -0.25) is 5.41 Å². The first-order valence-electron chi connectivity index (χ1n) is 3.33. The molecule has 0 amide bonds. The molecule has 1 aliphatic carbocycles. The highest BCUT2D eigenvalue weighted by Gasteiger charge is 2.08. The minimum Gasteiger partial charge on any atom is -0.299 e. The van der Waals surface area contributed by atoms with Crippen molar-refractivity contribution in [3.8, 4) is 0 Å². The van der Waals surface area contributed by atoms with Gasteiger partial charge < -0.3 is 0 Å². The quantitative estimate of drug-likeness (QED) is 0.409. The summed E-state index contributed by atoms with van der Waals surface area (Å²) >= 11 is 3.77. The lowest BCUT2D eigenvalue weighted by atomic mass is 9.98. The third-order valence-corrected chi connectivity index (χ3v) is 1.94. The van der Waals surface area contributed by atoms with Gasteiger partial charge in [0, 0.05) is 0 Å². The molecule has 0 aromatic carbocycles. The predicted octanol–water partition coefficient (Wildman–Crippen LogP) is 2.20. The van der Waals surface area contributed by atoms with E-state index in [2.05, 4.69) is 17.2 Å². The minimum absolute atomic E-state index is 0.433. The van der Waals surface area contributed by atoms with Gasteiger partial charge in [-0.05, 0) is 50.0 Å². The van der Waals surface area contributed by atoms with Crippen molar-refractivity contribution < 1.29 is 0 Å².